The number of nitro benzene ring substituents is 1. The second-order valence-electron chi connectivity index (χ2n) is 4.48. The fourth-order valence-corrected chi connectivity index (χ4v) is 2.31. The van der Waals surface area contributed by atoms with Crippen LogP contribution >= 0.6 is 15.9 Å². The van der Waals surface area contributed by atoms with Crippen molar-refractivity contribution in [3.8, 4) is 0 Å². The van der Waals surface area contributed by atoms with E-state index in [1.807, 2.05) is 6.07 Å². The first kappa shape index (κ1) is 12.5. The van der Waals surface area contributed by atoms with E-state index < -0.39 is 0 Å². The van der Waals surface area contributed by atoms with Gasteiger partial charge in [0.25, 0.3) is 5.69 Å². The average molecular weight is 299 g/mol. The molecule has 1 aliphatic carbocycles. The number of hydrogen-bond donors (Lipinski definition) is 1. The minimum absolute atomic E-state index is 0.137. The molecule has 0 aromatic heterocycles. The molecule has 1 aromatic rings. The summed E-state index contributed by atoms with van der Waals surface area (Å²) < 4.78 is 0.755. The number of rotatable bonds is 6. The molecule has 1 fully saturated rings. The van der Waals surface area contributed by atoms with Gasteiger partial charge in [0, 0.05) is 23.2 Å². The topological polar surface area (TPSA) is 55.2 Å². The molecule has 0 spiro atoms. The van der Waals surface area contributed by atoms with Crippen molar-refractivity contribution in [2.24, 2.45) is 5.92 Å². The quantitative estimate of drug-likeness (QED) is 0.498. The van der Waals surface area contributed by atoms with Gasteiger partial charge in [-0.25, -0.2) is 0 Å². The molecule has 0 amide bonds. The van der Waals surface area contributed by atoms with Gasteiger partial charge in [0.15, 0.2) is 0 Å². The number of nitrogens with zero attached hydrogens (tertiary/aromatic N) is 1. The molecule has 0 bridgehead atoms. The molecule has 0 aliphatic heterocycles. The fraction of sp³-hybridized carbons (Fsp3) is 0.500. The lowest BCUT2D eigenvalue weighted by molar-refractivity contribution is -0.385. The van der Waals surface area contributed by atoms with E-state index in [9.17, 15) is 10.1 Å². The van der Waals surface area contributed by atoms with E-state index in [1.165, 1.54) is 25.3 Å². The summed E-state index contributed by atoms with van der Waals surface area (Å²) in [6.07, 6.45) is 3.95. The first-order valence-electron chi connectivity index (χ1n) is 5.80. The maximum Gasteiger partial charge on any atom is 0.270 e. The summed E-state index contributed by atoms with van der Waals surface area (Å²) in [5.74, 6) is 0.916. The van der Waals surface area contributed by atoms with Crippen molar-refractivity contribution in [1.29, 1.82) is 0 Å². The Balaban J connectivity index is 1.87. The molecule has 17 heavy (non-hydrogen) atoms. The fourth-order valence-electron chi connectivity index (χ4n) is 1.79. The predicted molar refractivity (Wildman–Crippen MR) is 69.8 cm³/mol. The second-order valence-corrected chi connectivity index (χ2v) is 5.40. The Morgan fingerprint density at radius 1 is 1.41 bits per heavy atom. The van der Waals surface area contributed by atoms with E-state index in [4.69, 9.17) is 0 Å². The molecule has 1 aliphatic rings. The highest BCUT2D eigenvalue weighted by atomic mass is 79.9. The summed E-state index contributed by atoms with van der Waals surface area (Å²) in [6, 6.07) is 5.06. The van der Waals surface area contributed by atoms with E-state index in [1.54, 1.807) is 6.07 Å². The van der Waals surface area contributed by atoms with Gasteiger partial charge < -0.3 is 5.32 Å². The van der Waals surface area contributed by atoms with Crippen molar-refractivity contribution < 1.29 is 4.92 Å². The number of benzene rings is 1. The summed E-state index contributed by atoms with van der Waals surface area (Å²) in [6.45, 7) is 1.68. The molecule has 4 nitrogen and oxygen atoms in total. The Morgan fingerprint density at radius 2 is 2.18 bits per heavy atom. The second kappa shape index (κ2) is 5.60. The highest BCUT2D eigenvalue weighted by Gasteiger charge is 2.19. The standard InChI is InChI=1S/C12H15BrN2O2/c13-11-5-10(6-12(7-11)15(16)17)8-14-4-3-9-1-2-9/h5-7,9,14H,1-4,8H2. The smallest absolute Gasteiger partial charge is 0.270 e. The molecular formula is C12H15BrN2O2. The Bertz CT molecular complexity index is 419. The number of non-ortho nitro benzene ring substituents is 1. The highest BCUT2D eigenvalue weighted by Crippen LogP contribution is 2.31. The molecule has 0 radical (unpaired) electrons. The van der Waals surface area contributed by atoms with Crippen molar-refractivity contribution in [1.82, 2.24) is 5.32 Å². The molecule has 0 heterocycles. The lowest BCUT2D eigenvalue weighted by atomic mass is 10.2. The van der Waals surface area contributed by atoms with Crippen LogP contribution in [0.5, 0.6) is 0 Å². The summed E-state index contributed by atoms with van der Waals surface area (Å²) in [5, 5.41) is 14.0. The third kappa shape index (κ3) is 4.09. The minimum atomic E-state index is -0.363. The lowest BCUT2D eigenvalue weighted by Gasteiger charge is -2.05. The van der Waals surface area contributed by atoms with E-state index in [0.29, 0.717) is 6.54 Å². The zero-order valence-corrected chi connectivity index (χ0v) is 11.1. The van der Waals surface area contributed by atoms with Crippen molar-refractivity contribution in [3.05, 3.63) is 38.3 Å². The first-order valence-corrected chi connectivity index (χ1v) is 6.59. The van der Waals surface area contributed by atoms with Gasteiger partial charge in [-0.2, -0.15) is 0 Å². The molecule has 1 aromatic carbocycles. The van der Waals surface area contributed by atoms with Crippen LogP contribution in [0.2, 0.25) is 0 Å². The maximum absolute atomic E-state index is 10.7. The largest absolute Gasteiger partial charge is 0.313 e. The van der Waals surface area contributed by atoms with E-state index in [-0.39, 0.29) is 10.6 Å². The van der Waals surface area contributed by atoms with Crippen LogP contribution in [0.3, 0.4) is 0 Å². The SMILES string of the molecule is O=[N+]([O-])c1cc(Br)cc(CNCCC2CC2)c1. The van der Waals surface area contributed by atoms with Gasteiger partial charge in [-0.05, 0) is 30.5 Å². The zero-order chi connectivity index (χ0) is 12.3. The molecule has 5 heteroatoms. The molecule has 0 atom stereocenters. The summed E-state index contributed by atoms with van der Waals surface area (Å²) >= 11 is 3.29. The Kier molecular flexibility index (Phi) is 4.12. The molecule has 0 saturated heterocycles. The Labute approximate surface area is 109 Å². The summed E-state index contributed by atoms with van der Waals surface area (Å²) in [4.78, 5) is 10.3. The predicted octanol–water partition coefficient (Wildman–Crippen LogP) is 3.25. The molecule has 2 rings (SSSR count). The van der Waals surface area contributed by atoms with Gasteiger partial charge in [-0.15, -0.1) is 0 Å². The Hall–Kier alpha value is -0.940. The van der Waals surface area contributed by atoms with Crippen LogP contribution in [0.25, 0.3) is 0 Å². The van der Waals surface area contributed by atoms with Crippen LogP contribution in [0.4, 0.5) is 5.69 Å². The number of hydrogen-bond acceptors (Lipinski definition) is 3. The average Bonchev–Trinajstić information content (AvgIpc) is 3.07. The van der Waals surface area contributed by atoms with Gasteiger partial charge in [0.1, 0.15) is 0 Å². The van der Waals surface area contributed by atoms with Gasteiger partial charge in [-0.3, -0.25) is 10.1 Å². The van der Waals surface area contributed by atoms with Crippen LogP contribution in [0.15, 0.2) is 22.7 Å². The van der Waals surface area contributed by atoms with Crippen LogP contribution in [0.1, 0.15) is 24.8 Å². The van der Waals surface area contributed by atoms with Crippen molar-refractivity contribution in [2.45, 2.75) is 25.8 Å². The van der Waals surface area contributed by atoms with Gasteiger partial charge in [0.2, 0.25) is 0 Å². The Morgan fingerprint density at radius 3 is 2.82 bits per heavy atom. The number of halogens is 1. The van der Waals surface area contributed by atoms with Crippen molar-refractivity contribution in [3.63, 3.8) is 0 Å². The van der Waals surface area contributed by atoms with Crippen LogP contribution in [0, 0.1) is 16.0 Å². The van der Waals surface area contributed by atoms with Crippen LogP contribution in [-0.4, -0.2) is 11.5 Å². The zero-order valence-electron chi connectivity index (χ0n) is 9.49. The summed E-state index contributed by atoms with van der Waals surface area (Å²) in [5.41, 5.74) is 1.08. The van der Waals surface area contributed by atoms with E-state index >= 15 is 0 Å². The van der Waals surface area contributed by atoms with Gasteiger partial charge in [-0.1, -0.05) is 28.8 Å². The van der Waals surface area contributed by atoms with Crippen LogP contribution < -0.4 is 5.32 Å². The highest BCUT2D eigenvalue weighted by molar-refractivity contribution is 9.10. The molecule has 1 N–H and O–H groups in total. The number of nitrogens with one attached hydrogen (secondary N) is 1. The van der Waals surface area contributed by atoms with E-state index in [2.05, 4.69) is 21.2 Å². The monoisotopic (exact) mass is 298 g/mol. The molecular weight excluding hydrogens is 284 g/mol. The van der Waals surface area contributed by atoms with Gasteiger partial charge in [0.05, 0.1) is 4.92 Å². The van der Waals surface area contributed by atoms with Gasteiger partial charge >= 0.3 is 0 Å². The maximum atomic E-state index is 10.7. The molecule has 1 saturated carbocycles. The normalized spacial score (nSPS) is 14.9. The minimum Gasteiger partial charge on any atom is -0.313 e. The van der Waals surface area contributed by atoms with Crippen LogP contribution in [-0.2, 0) is 6.54 Å². The summed E-state index contributed by atoms with van der Waals surface area (Å²) in [7, 11) is 0. The molecule has 0 unspecified atom stereocenters. The van der Waals surface area contributed by atoms with E-state index in [0.717, 1.165) is 22.5 Å². The third-order valence-electron chi connectivity index (χ3n) is 2.91. The van der Waals surface area contributed by atoms with Crippen molar-refractivity contribution >= 4 is 21.6 Å². The lowest BCUT2D eigenvalue weighted by Crippen LogP contribution is -2.15. The third-order valence-corrected chi connectivity index (χ3v) is 3.37. The molecule has 92 valence electrons. The van der Waals surface area contributed by atoms with Crippen molar-refractivity contribution in [2.75, 3.05) is 6.54 Å². The number of nitro groups is 1. The first-order chi connectivity index (χ1) is 8.15.